The number of carbonyl (C=O) groups excluding carboxylic acids is 1. The van der Waals surface area contributed by atoms with Gasteiger partial charge in [0.05, 0.1) is 5.52 Å². The predicted molar refractivity (Wildman–Crippen MR) is 95.5 cm³/mol. The first-order valence-corrected chi connectivity index (χ1v) is 8.28. The fourth-order valence-electron chi connectivity index (χ4n) is 3.08. The van der Waals surface area contributed by atoms with E-state index in [-0.39, 0.29) is 5.91 Å². The topological polar surface area (TPSA) is 69.8 Å². The average molecular weight is 341 g/mol. The number of anilines is 1. The quantitative estimate of drug-likeness (QED) is 0.668. The Balaban J connectivity index is 1.59. The summed E-state index contributed by atoms with van der Waals surface area (Å²) in [5.74, 6) is -0.122. The van der Waals surface area contributed by atoms with E-state index in [2.05, 4.69) is 27.8 Å². The Hall–Kier alpha value is -2.37. The van der Waals surface area contributed by atoms with Crippen molar-refractivity contribution in [2.75, 3.05) is 5.32 Å². The van der Waals surface area contributed by atoms with Crippen LogP contribution in [0.15, 0.2) is 36.4 Å². The first-order chi connectivity index (χ1) is 11.6. The lowest BCUT2D eigenvalue weighted by atomic mass is 9.94. The van der Waals surface area contributed by atoms with Crippen LogP contribution in [0, 0.1) is 0 Å². The molecule has 1 atom stereocenters. The van der Waals surface area contributed by atoms with Crippen molar-refractivity contribution < 1.29 is 4.79 Å². The molecule has 4 rings (SSSR count). The number of halogens is 1. The molecular formula is C18H17ClN4O. The van der Waals surface area contributed by atoms with Crippen LogP contribution in [0.2, 0.25) is 5.15 Å². The van der Waals surface area contributed by atoms with Crippen LogP contribution in [0.25, 0.3) is 10.9 Å². The third kappa shape index (κ3) is 2.77. The van der Waals surface area contributed by atoms with Crippen LogP contribution in [0.3, 0.4) is 0 Å². The maximum atomic E-state index is 12.6. The molecule has 0 aliphatic carbocycles. The molecule has 0 radical (unpaired) electrons. The van der Waals surface area contributed by atoms with E-state index in [1.807, 2.05) is 36.4 Å². The van der Waals surface area contributed by atoms with Gasteiger partial charge in [-0.1, -0.05) is 17.7 Å². The van der Waals surface area contributed by atoms with Gasteiger partial charge in [0.1, 0.15) is 5.15 Å². The second-order valence-corrected chi connectivity index (χ2v) is 6.57. The van der Waals surface area contributed by atoms with Gasteiger partial charge in [-0.25, -0.2) is 0 Å². The van der Waals surface area contributed by atoms with Crippen molar-refractivity contribution in [3.63, 3.8) is 0 Å². The minimum atomic E-state index is -0.122. The van der Waals surface area contributed by atoms with Crippen molar-refractivity contribution in [1.29, 1.82) is 0 Å². The maximum Gasteiger partial charge on any atom is 0.255 e. The van der Waals surface area contributed by atoms with Gasteiger partial charge < -0.3 is 10.6 Å². The molecule has 0 saturated heterocycles. The number of amides is 1. The number of benzene rings is 2. The highest BCUT2D eigenvalue weighted by atomic mass is 35.5. The molecule has 2 aromatic carbocycles. The zero-order valence-corrected chi connectivity index (χ0v) is 13.9. The van der Waals surface area contributed by atoms with Gasteiger partial charge in [-0.3, -0.25) is 9.89 Å². The molecule has 0 spiro atoms. The molecule has 0 saturated carbocycles. The lowest BCUT2D eigenvalue weighted by Crippen LogP contribution is -2.33. The van der Waals surface area contributed by atoms with Gasteiger partial charge in [0.2, 0.25) is 0 Å². The molecule has 3 N–H and O–H groups in total. The average Bonchev–Trinajstić information content (AvgIpc) is 2.95. The third-order valence-corrected chi connectivity index (χ3v) is 4.69. The van der Waals surface area contributed by atoms with Gasteiger partial charge >= 0.3 is 0 Å². The highest BCUT2D eigenvalue weighted by Crippen LogP contribution is 2.24. The third-order valence-electron chi connectivity index (χ3n) is 4.40. The molecule has 122 valence electrons. The Labute approximate surface area is 144 Å². The van der Waals surface area contributed by atoms with Gasteiger partial charge in [0, 0.05) is 29.2 Å². The molecule has 1 aliphatic rings. The number of fused-ring (bicyclic) bond motifs is 2. The van der Waals surface area contributed by atoms with Crippen molar-refractivity contribution in [2.45, 2.75) is 25.9 Å². The summed E-state index contributed by atoms with van der Waals surface area (Å²) in [6, 6.07) is 11.8. The fraction of sp³-hybridized carbons (Fsp3) is 0.222. The van der Waals surface area contributed by atoms with Gasteiger partial charge in [-0.15, -0.1) is 0 Å². The summed E-state index contributed by atoms with van der Waals surface area (Å²) < 4.78 is 0. The van der Waals surface area contributed by atoms with Crippen LogP contribution in [0.4, 0.5) is 5.69 Å². The standard InChI is InChI=1S/C18H17ClN4O/c1-10-6-13-7-11(2-3-12(13)9-20-10)18(24)21-14-4-5-16-15(8-14)17(19)23-22-16/h2-5,7-8,10,20H,6,9H2,1H3,(H,21,24)(H,22,23). The van der Waals surface area contributed by atoms with Crippen molar-refractivity contribution in [1.82, 2.24) is 15.5 Å². The smallest absolute Gasteiger partial charge is 0.255 e. The second kappa shape index (κ2) is 5.92. The molecular weight excluding hydrogens is 324 g/mol. The molecule has 0 bridgehead atoms. The number of rotatable bonds is 2. The summed E-state index contributed by atoms with van der Waals surface area (Å²) in [4.78, 5) is 12.6. The summed E-state index contributed by atoms with van der Waals surface area (Å²) in [6.45, 7) is 3.01. The normalized spacial score (nSPS) is 16.8. The first kappa shape index (κ1) is 15.2. The minimum Gasteiger partial charge on any atom is -0.322 e. The molecule has 1 amide bonds. The molecule has 5 nitrogen and oxygen atoms in total. The van der Waals surface area contributed by atoms with E-state index in [1.165, 1.54) is 11.1 Å². The minimum absolute atomic E-state index is 0.122. The lowest BCUT2D eigenvalue weighted by molar-refractivity contribution is 0.102. The highest BCUT2D eigenvalue weighted by molar-refractivity contribution is 6.34. The summed E-state index contributed by atoms with van der Waals surface area (Å²) >= 11 is 6.05. The van der Waals surface area contributed by atoms with E-state index in [4.69, 9.17) is 11.6 Å². The fourth-order valence-corrected chi connectivity index (χ4v) is 3.27. The number of H-pyrrole nitrogens is 1. The summed E-state index contributed by atoms with van der Waals surface area (Å²) in [5.41, 5.74) is 4.64. The van der Waals surface area contributed by atoms with Crippen molar-refractivity contribution >= 4 is 34.1 Å². The van der Waals surface area contributed by atoms with Crippen LogP contribution in [-0.2, 0) is 13.0 Å². The van der Waals surface area contributed by atoms with Gasteiger partial charge in [0.15, 0.2) is 0 Å². The van der Waals surface area contributed by atoms with E-state index in [1.54, 1.807) is 0 Å². The zero-order chi connectivity index (χ0) is 16.7. The number of nitrogens with one attached hydrogen (secondary N) is 3. The van der Waals surface area contributed by atoms with Crippen LogP contribution in [0.1, 0.15) is 28.4 Å². The Morgan fingerprint density at radius 2 is 2.12 bits per heavy atom. The van der Waals surface area contributed by atoms with Gasteiger partial charge in [-0.05, 0) is 54.8 Å². The highest BCUT2D eigenvalue weighted by Gasteiger charge is 2.16. The molecule has 24 heavy (non-hydrogen) atoms. The molecule has 1 aliphatic heterocycles. The predicted octanol–water partition coefficient (Wildman–Crippen LogP) is 3.50. The number of hydrogen-bond donors (Lipinski definition) is 3. The van der Waals surface area contributed by atoms with E-state index < -0.39 is 0 Å². The van der Waals surface area contributed by atoms with Crippen molar-refractivity contribution in [3.8, 4) is 0 Å². The molecule has 2 heterocycles. The van der Waals surface area contributed by atoms with E-state index >= 15 is 0 Å². The summed E-state index contributed by atoms with van der Waals surface area (Å²) in [7, 11) is 0. The first-order valence-electron chi connectivity index (χ1n) is 7.90. The largest absolute Gasteiger partial charge is 0.322 e. The van der Waals surface area contributed by atoms with E-state index in [9.17, 15) is 4.79 Å². The number of aromatic amines is 1. The van der Waals surface area contributed by atoms with Gasteiger partial charge in [0.25, 0.3) is 5.91 Å². The number of nitrogens with zero attached hydrogens (tertiary/aromatic N) is 1. The monoisotopic (exact) mass is 340 g/mol. The number of hydrogen-bond acceptors (Lipinski definition) is 3. The maximum absolute atomic E-state index is 12.6. The lowest BCUT2D eigenvalue weighted by Gasteiger charge is -2.23. The Morgan fingerprint density at radius 3 is 3.00 bits per heavy atom. The molecule has 6 heteroatoms. The molecule has 0 fully saturated rings. The Bertz CT molecular complexity index is 934. The van der Waals surface area contributed by atoms with Crippen molar-refractivity contribution in [2.24, 2.45) is 0 Å². The Morgan fingerprint density at radius 1 is 1.25 bits per heavy atom. The van der Waals surface area contributed by atoms with Crippen LogP contribution < -0.4 is 10.6 Å². The number of aromatic nitrogens is 2. The van der Waals surface area contributed by atoms with E-state index in [0.29, 0.717) is 22.4 Å². The number of carbonyl (C=O) groups is 1. The summed E-state index contributed by atoms with van der Waals surface area (Å²) in [6.07, 6.45) is 0.938. The van der Waals surface area contributed by atoms with Crippen LogP contribution >= 0.6 is 11.6 Å². The van der Waals surface area contributed by atoms with Crippen molar-refractivity contribution in [3.05, 3.63) is 58.2 Å². The summed E-state index contributed by atoms with van der Waals surface area (Å²) in [5, 5.41) is 14.4. The SMILES string of the molecule is CC1Cc2cc(C(=O)Nc3ccc4n[nH]c(Cl)c4c3)ccc2CN1. The van der Waals surface area contributed by atoms with Crippen LogP contribution in [0.5, 0.6) is 0 Å². The Kier molecular flexibility index (Phi) is 3.75. The second-order valence-electron chi connectivity index (χ2n) is 6.19. The van der Waals surface area contributed by atoms with Crippen LogP contribution in [-0.4, -0.2) is 22.1 Å². The molecule has 1 unspecified atom stereocenters. The van der Waals surface area contributed by atoms with E-state index in [0.717, 1.165) is 23.9 Å². The zero-order valence-electron chi connectivity index (χ0n) is 13.2. The van der Waals surface area contributed by atoms with Gasteiger partial charge in [-0.2, -0.15) is 5.10 Å². The molecule has 3 aromatic rings. The molecule has 1 aromatic heterocycles.